The number of anilines is 1. The van der Waals surface area contributed by atoms with Crippen molar-refractivity contribution >= 4 is 17.6 Å². The molecule has 30 heavy (non-hydrogen) atoms. The summed E-state index contributed by atoms with van der Waals surface area (Å²) in [7, 11) is 0. The molecule has 3 rings (SSSR count). The number of carbonyl (C=O) groups excluding carboxylic acids is 2. The van der Waals surface area contributed by atoms with E-state index in [2.05, 4.69) is 10.2 Å². The van der Waals surface area contributed by atoms with E-state index in [4.69, 9.17) is 10.00 Å². The van der Waals surface area contributed by atoms with E-state index in [0.717, 1.165) is 0 Å². The lowest BCUT2D eigenvalue weighted by Crippen LogP contribution is -2.35. The molecule has 0 spiro atoms. The number of carbonyl (C=O) groups is 2. The number of esters is 1. The quantitative estimate of drug-likeness (QED) is 0.558. The summed E-state index contributed by atoms with van der Waals surface area (Å²) in [6.45, 7) is 1.14. The van der Waals surface area contributed by atoms with Gasteiger partial charge in [-0.2, -0.15) is 15.2 Å². The molecule has 1 aromatic heterocycles. The molecular formula is C21H18FN5O3. The third-order valence-corrected chi connectivity index (χ3v) is 4.18. The fraction of sp³-hybridized carbons (Fsp3) is 0.190. The van der Waals surface area contributed by atoms with E-state index < -0.39 is 24.3 Å². The molecule has 0 aliphatic carbocycles. The third-order valence-electron chi connectivity index (χ3n) is 4.18. The first kappa shape index (κ1) is 20.7. The third kappa shape index (κ3) is 4.86. The van der Waals surface area contributed by atoms with Gasteiger partial charge in [0.25, 0.3) is 5.91 Å². The highest BCUT2D eigenvalue weighted by Crippen LogP contribution is 2.16. The second kappa shape index (κ2) is 9.43. The molecule has 1 amide bonds. The average molecular weight is 407 g/mol. The van der Waals surface area contributed by atoms with Gasteiger partial charge in [-0.1, -0.05) is 18.2 Å². The Labute approximate surface area is 172 Å². The van der Waals surface area contributed by atoms with Crippen LogP contribution in [0.5, 0.6) is 0 Å². The summed E-state index contributed by atoms with van der Waals surface area (Å²) in [6.07, 6.45) is 0.0710. The molecule has 0 radical (unpaired) electrons. The molecule has 0 bridgehead atoms. The van der Waals surface area contributed by atoms with E-state index in [0.29, 0.717) is 17.1 Å². The zero-order chi connectivity index (χ0) is 21.5. The summed E-state index contributed by atoms with van der Waals surface area (Å²) in [4.78, 5) is 27.6. The molecule has 0 fully saturated rings. The van der Waals surface area contributed by atoms with E-state index >= 15 is 0 Å². The molecule has 0 atom stereocenters. The summed E-state index contributed by atoms with van der Waals surface area (Å²) in [5, 5.41) is 17.2. The van der Waals surface area contributed by atoms with Crippen LogP contribution in [-0.2, 0) is 9.53 Å². The number of aromatic nitrogens is 3. The van der Waals surface area contributed by atoms with Crippen LogP contribution in [0.25, 0.3) is 5.69 Å². The molecule has 0 aliphatic rings. The van der Waals surface area contributed by atoms with Crippen molar-refractivity contribution < 1.29 is 18.7 Å². The molecule has 3 aromatic rings. The summed E-state index contributed by atoms with van der Waals surface area (Å²) in [5.41, 5.74) is 1.43. The van der Waals surface area contributed by atoms with Crippen molar-refractivity contribution in [3.8, 4) is 11.8 Å². The minimum absolute atomic E-state index is 0.00277. The van der Waals surface area contributed by atoms with Gasteiger partial charge in [-0.3, -0.25) is 4.79 Å². The largest absolute Gasteiger partial charge is 0.451 e. The lowest BCUT2D eigenvalue weighted by atomic mass is 10.2. The summed E-state index contributed by atoms with van der Waals surface area (Å²) in [6, 6.07) is 16.3. The topological polar surface area (TPSA) is 101 Å². The standard InChI is InChI=1S/C21H18FN5O3/c1-15-20(25-27(24-15)18-6-3-2-4-7-18)21(29)30-14-19(28)26(13-5-12-23)17-10-8-16(22)9-11-17/h2-4,6-11H,5,13-14H2,1H3. The number of benzene rings is 2. The molecule has 0 aliphatic heterocycles. The van der Waals surface area contributed by atoms with Crippen molar-refractivity contribution in [3.05, 3.63) is 71.8 Å². The van der Waals surface area contributed by atoms with Gasteiger partial charge in [-0.15, -0.1) is 5.10 Å². The van der Waals surface area contributed by atoms with Crippen LogP contribution < -0.4 is 4.90 Å². The van der Waals surface area contributed by atoms with Gasteiger partial charge in [0, 0.05) is 12.2 Å². The van der Waals surface area contributed by atoms with Gasteiger partial charge < -0.3 is 9.64 Å². The van der Waals surface area contributed by atoms with Crippen LogP contribution in [0.4, 0.5) is 10.1 Å². The van der Waals surface area contributed by atoms with Crippen molar-refractivity contribution in [2.75, 3.05) is 18.1 Å². The first-order chi connectivity index (χ1) is 14.5. The predicted octanol–water partition coefficient (Wildman–Crippen LogP) is 2.82. The van der Waals surface area contributed by atoms with Gasteiger partial charge >= 0.3 is 5.97 Å². The first-order valence-corrected chi connectivity index (χ1v) is 9.09. The van der Waals surface area contributed by atoms with Crippen molar-refractivity contribution in [1.29, 1.82) is 5.26 Å². The van der Waals surface area contributed by atoms with Crippen molar-refractivity contribution in [2.24, 2.45) is 0 Å². The van der Waals surface area contributed by atoms with Crippen LogP contribution in [0.1, 0.15) is 22.6 Å². The Morgan fingerprint density at radius 2 is 1.83 bits per heavy atom. The maximum Gasteiger partial charge on any atom is 0.361 e. The van der Waals surface area contributed by atoms with Crippen LogP contribution in [0.15, 0.2) is 54.6 Å². The van der Waals surface area contributed by atoms with Gasteiger partial charge in [-0.05, 0) is 43.3 Å². The van der Waals surface area contributed by atoms with Crippen molar-refractivity contribution in [2.45, 2.75) is 13.3 Å². The van der Waals surface area contributed by atoms with E-state index in [-0.39, 0.29) is 18.7 Å². The number of halogens is 1. The van der Waals surface area contributed by atoms with Crippen LogP contribution in [0.3, 0.4) is 0 Å². The smallest absolute Gasteiger partial charge is 0.361 e. The fourth-order valence-corrected chi connectivity index (χ4v) is 2.70. The summed E-state index contributed by atoms with van der Waals surface area (Å²) >= 11 is 0. The molecule has 0 unspecified atom stereocenters. The maximum absolute atomic E-state index is 13.2. The number of hydrogen-bond acceptors (Lipinski definition) is 6. The second-order valence-corrected chi connectivity index (χ2v) is 6.27. The Hall–Kier alpha value is -4.06. The lowest BCUT2D eigenvalue weighted by Gasteiger charge is -2.21. The molecule has 9 heteroatoms. The van der Waals surface area contributed by atoms with Gasteiger partial charge in [0.05, 0.1) is 23.9 Å². The van der Waals surface area contributed by atoms with Crippen LogP contribution >= 0.6 is 0 Å². The molecular weight excluding hydrogens is 389 g/mol. The lowest BCUT2D eigenvalue weighted by molar-refractivity contribution is -0.121. The number of ether oxygens (including phenoxy) is 1. The van der Waals surface area contributed by atoms with Gasteiger partial charge in [-0.25, -0.2) is 9.18 Å². The number of amides is 1. The van der Waals surface area contributed by atoms with E-state index in [9.17, 15) is 14.0 Å². The Morgan fingerprint density at radius 3 is 2.50 bits per heavy atom. The SMILES string of the molecule is Cc1nn(-c2ccccc2)nc1C(=O)OCC(=O)N(CCC#N)c1ccc(F)cc1. The Bertz CT molecular complexity index is 1070. The van der Waals surface area contributed by atoms with Crippen LogP contribution in [0.2, 0.25) is 0 Å². The normalized spacial score (nSPS) is 10.3. The number of nitriles is 1. The van der Waals surface area contributed by atoms with Crippen LogP contribution in [-0.4, -0.2) is 40.0 Å². The van der Waals surface area contributed by atoms with Gasteiger partial charge in [0.15, 0.2) is 12.3 Å². The predicted molar refractivity (Wildman–Crippen MR) is 105 cm³/mol. The molecule has 0 saturated heterocycles. The molecule has 1 heterocycles. The molecule has 0 N–H and O–H groups in total. The van der Waals surface area contributed by atoms with Crippen LogP contribution in [0, 0.1) is 24.1 Å². The highest BCUT2D eigenvalue weighted by molar-refractivity contribution is 5.96. The molecule has 8 nitrogen and oxygen atoms in total. The van der Waals surface area contributed by atoms with Gasteiger partial charge in [0.2, 0.25) is 0 Å². The average Bonchev–Trinajstić information content (AvgIpc) is 3.16. The molecule has 2 aromatic carbocycles. The minimum atomic E-state index is -0.789. The Kier molecular flexibility index (Phi) is 6.49. The number of hydrogen-bond donors (Lipinski definition) is 0. The molecule has 152 valence electrons. The van der Waals surface area contributed by atoms with Crippen molar-refractivity contribution in [1.82, 2.24) is 15.0 Å². The number of aryl methyl sites for hydroxylation is 1. The Balaban J connectivity index is 1.69. The highest BCUT2D eigenvalue weighted by atomic mass is 19.1. The molecule has 0 saturated carbocycles. The summed E-state index contributed by atoms with van der Waals surface area (Å²) in [5.74, 6) is -1.78. The zero-order valence-corrected chi connectivity index (χ0v) is 16.2. The first-order valence-electron chi connectivity index (χ1n) is 9.09. The van der Waals surface area contributed by atoms with E-state index in [1.807, 2.05) is 24.3 Å². The second-order valence-electron chi connectivity index (χ2n) is 6.27. The van der Waals surface area contributed by atoms with E-state index in [1.165, 1.54) is 34.0 Å². The summed E-state index contributed by atoms with van der Waals surface area (Å²) < 4.78 is 18.3. The number of nitrogens with zero attached hydrogens (tertiary/aromatic N) is 5. The Morgan fingerprint density at radius 1 is 1.13 bits per heavy atom. The van der Waals surface area contributed by atoms with Crippen molar-refractivity contribution in [3.63, 3.8) is 0 Å². The minimum Gasteiger partial charge on any atom is -0.451 e. The van der Waals surface area contributed by atoms with Gasteiger partial charge in [0.1, 0.15) is 5.82 Å². The van der Waals surface area contributed by atoms with E-state index in [1.54, 1.807) is 19.1 Å². The number of para-hydroxylation sites is 1. The highest BCUT2D eigenvalue weighted by Gasteiger charge is 2.22. The zero-order valence-electron chi connectivity index (χ0n) is 16.2. The monoisotopic (exact) mass is 407 g/mol. The number of rotatable bonds is 7. The fourth-order valence-electron chi connectivity index (χ4n) is 2.70. The maximum atomic E-state index is 13.2.